The Labute approximate surface area is 163 Å². The third-order valence-corrected chi connectivity index (χ3v) is 5.51. The van der Waals surface area contributed by atoms with Gasteiger partial charge in [-0.15, -0.1) is 5.10 Å². The topological polar surface area (TPSA) is 63.7 Å². The van der Waals surface area contributed by atoms with Gasteiger partial charge < -0.3 is 14.1 Å². The molecular weight excluding hydrogens is 364 g/mol. The molecule has 1 aromatic heterocycles. The Morgan fingerprint density at radius 3 is 2.52 bits per heavy atom. The van der Waals surface area contributed by atoms with Crippen LogP contribution in [0, 0.1) is 10.8 Å². The van der Waals surface area contributed by atoms with Crippen LogP contribution >= 0.6 is 12.2 Å². The highest BCUT2D eigenvalue weighted by Crippen LogP contribution is 2.22. The van der Waals surface area contributed by atoms with Crippen LogP contribution in [0.1, 0.15) is 12.8 Å². The second kappa shape index (κ2) is 8.33. The highest BCUT2D eigenvalue weighted by molar-refractivity contribution is 7.71. The van der Waals surface area contributed by atoms with E-state index in [1.165, 1.54) is 0 Å². The lowest BCUT2D eigenvalue weighted by atomic mass is 9.95. The van der Waals surface area contributed by atoms with E-state index >= 15 is 0 Å². The molecule has 0 spiro atoms. The average Bonchev–Trinajstić information content (AvgIpc) is 3.10. The molecule has 2 fully saturated rings. The first-order valence-electron chi connectivity index (χ1n) is 9.43. The number of aromatic nitrogens is 2. The van der Waals surface area contributed by atoms with Crippen LogP contribution in [0.3, 0.4) is 0 Å². The molecule has 1 amide bonds. The number of benzene rings is 1. The van der Waals surface area contributed by atoms with Gasteiger partial charge in [0.25, 0.3) is 4.84 Å². The second-order valence-corrected chi connectivity index (χ2v) is 7.36. The highest BCUT2D eigenvalue weighted by Gasteiger charge is 2.29. The number of carbonyl (C=O) groups is 1. The fourth-order valence-corrected chi connectivity index (χ4v) is 3.82. The normalized spacial score (nSPS) is 19.3. The molecule has 2 aliphatic rings. The van der Waals surface area contributed by atoms with Crippen LogP contribution in [-0.4, -0.2) is 64.9 Å². The van der Waals surface area contributed by atoms with Crippen LogP contribution in [0.4, 0.5) is 0 Å². The number of likely N-dealkylation sites (tertiary alicyclic amines) is 1. The van der Waals surface area contributed by atoms with Gasteiger partial charge in [0.1, 0.15) is 0 Å². The van der Waals surface area contributed by atoms with Gasteiger partial charge in [-0.05, 0) is 37.2 Å². The predicted octanol–water partition coefficient (Wildman–Crippen LogP) is 2.40. The zero-order chi connectivity index (χ0) is 18.6. The van der Waals surface area contributed by atoms with Gasteiger partial charge in [-0.3, -0.25) is 9.69 Å². The molecule has 0 unspecified atom stereocenters. The number of nitrogens with zero attached hydrogens (tertiary/aromatic N) is 4. The van der Waals surface area contributed by atoms with Gasteiger partial charge >= 0.3 is 0 Å². The summed E-state index contributed by atoms with van der Waals surface area (Å²) in [6, 6.07) is 9.76. The van der Waals surface area contributed by atoms with E-state index in [0.717, 1.165) is 44.6 Å². The number of hydrogen-bond acceptors (Lipinski definition) is 6. The summed E-state index contributed by atoms with van der Waals surface area (Å²) >= 11 is 5.33. The van der Waals surface area contributed by atoms with Crippen LogP contribution in [0.15, 0.2) is 34.7 Å². The number of carbonyl (C=O) groups excluding carboxylic acids is 1. The van der Waals surface area contributed by atoms with Crippen LogP contribution < -0.4 is 0 Å². The molecule has 7 nitrogen and oxygen atoms in total. The molecular formula is C19H24N4O3S. The number of rotatable bonds is 4. The second-order valence-electron chi connectivity index (χ2n) is 7.01. The summed E-state index contributed by atoms with van der Waals surface area (Å²) in [5, 5.41) is 4.52. The van der Waals surface area contributed by atoms with Gasteiger partial charge in [0.05, 0.1) is 19.9 Å². The Morgan fingerprint density at radius 2 is 1.81 bits per heavy atom. The van der Waals surface area contributed by atoms with E-state index < -0.39 is 0 Å². The quantitative estimate of drug-likeness (QED) is 0.750. The van der Waals surface area contributed by atoms with Crippen molar-refractivity contribution in [1.82, 2.24) is 19.6 Å². The summed E-state index contributed by atoms with van der Waals surface area (Å²) < 4.78 is 12.7. The molecule has 0 saturated carbocycles. The van der Waals surface area contributed by atoms with Gasteiger partial charge in [0, 0.05) is 37.7 Å². The van der Waals surface area contributed by atoms with Gasteiger partial charge in [-0.25, -0.2) is 4.68 Å². The Morgan fingerprint density at radius 1 is 1.11 bits per heavy atom. The van der Waals surface area contributed by atoms with Crippen molar-refractivity contribution < 1.29 is 13.9 Å². The molecule has 2 saturated heterocycles. The van der Waals surface area contributed by atoms with Crippen LogP contribution in [0.5, 0.6) is 0 Å². The van der Waals surface area contributed by atoms with E-state index in [4.69, 9.17) is 21.4 Å². The van der Waals surface area contributed by atoms with Gasteiger partial charge in [0.15, 0.2) is 0 Å². The number of ether oxygens (including phenoxy) is 1. The van der Waals surface area contributed by atoms with Gasteiger partial charge in [-0.2, -0.15) is 0 Å². The van der Waals surface area contributed by atoms with E-state index in [9.17, 15) is 4.79 Å². The smallest absolute Gasteiger partial charge is 0.288 e. The first-order valence-corrected chi connectivity index (χ1v) is 9.84. The first kappa shape index (κ1) is 18.3. The first-order chi connectivity index (χ1) is 13.2. The van der Waals surface area contributed by atoms with Gasteiger partial charge in [-0.1, -0.05) is 18.2 Å². The number of hydrogen-bond donors (Lipinski definition) is 0. The van der Waals surface area contributed by atoms with Crippen molar-refractivity contribution >= 4 is 18.1 Å². The number of piperidine rings is 1. The average molecular weight is 388 g/mol. The Hall–Kier alpha value is -2.03. The molecule has 1 aromatic carbocycles. The van der Waals surface area contributed by atoms with Gasteiger partial charge in [0.2, 0.25) is 11.8 Å². The third-order valence-electron chi connectivity index (χ3n) is 5.22. The molecule has 144 valence electrons. The van der Waals surface area contributed by atoms with Crippen molar-refractivity contribution in [1.29, 1.82) is 0 Å². The van der Waals surface area contributed by atoms with Crippen molar-refractivity contribution in [3.8, 4) is 11.5 Å². The van der Waals surface area contributed by atoms with Crippen molar-refractivity contribution in [3.63, 3.8) is 0 Å². The summed E-state index contributed by atoms with van der Waals surface area (Å²) in [5.41, 5.74) is 0.914. The molecule has 27 heavy (non-hydrogen) atoms. The number of morpholine rings is 1. The minimum atomic E-state index is 0.115. The van der Waals surface area contributed by atoms with Crippen molar-refractivity contribution in [2.75, 3.05) is 39.4 Å². The third kappa shape index (κ3) is 4.28. The molecule has 0 atom stereocenters. The Kier molecular flexibility index (Phi) is 5.66. The summed E-state index contributed by atoms with van der Waals surface area (Å²) in [6.45, 7) is 5.04. The summed E-state index contributed by atoms with van der Waals surface area (Å²) in [7, 11) is 0. The summed E-state index contributed by atoms with van der Waals surface area (Å²) in [4.78, 5) is 17.2. The summed E-state index contributed by atoms with van der Waals surface area (Å²) in [5.74, 6) is 0.935. The molecule has 0 radical (unpaired) electrons. The van der Waals surface area contributed by atoms with Crippen molar-refractivity contribution in [2.45, 2.75) is 19.5 Å². The van der Waals surface area contributed by atoms with E-state index in [1.54, 1.807) is 4.68 Å². The van der Waals surface area contributed by atoms with Crippen molar-refractivity contribution in [3.05, 3.63) is 35.2 Å². The van der Waals surface area contributed by atoms with Crippen LogP contribution in [0.2, 0.25) is 0 Å². The van der Waals surface area contributed by atoms with E-state index in [-0.39, 0.29) is 11.8 Å². The standard InChI is InChI=1S/C19H24N4O3S/c24-18(22-10-12-25-13-11-22)16-6-8-21(9-7-16)14-23-19(27)26-17(20-23)15-4-2-1-3-5-15/h1-5,16H,6-14H2. The lowest BCUT2D eigenvalue weighted by molar-refractivity contribution is -0.141. The maximum atomic E-state index is 12.6. The van der Waals surface area contributed by atoms with Crippen LogP contribution in [-0.2, 0) is 16.2 Å². The fourth-order valence-electron chi connectivity index (χ4n) is 3.65. The molecule has 0 aliphatic carbocycles. The molecule has 0 bridgehead atoms. The molecule has 0 N–H and O–H groups in total. The minimum absolute atomic E-state index is 0.115. The minimum Gasteiger partial charge on any atom is -0.409 e. The fraction of sp³-hybridized carbons (Fsp3) is 0.526. The van der Waals surface area contributed by atoms with Crippen molar-refractivity contribution in [2.24, 2.45) is 5.92 Å². The molecule has 4 rings (SSSR count). The lowest BCUT2D eigenvalue weighted by Crippen LogP contribution is -2.47. The largest absolute Gasteiger partial charge is 0.409 e. The van der Waals surface area contributed by atoms with E-state index in [1.807, 2.05) is 35.2 Å². The molecule has 2 aromatic rings. The Balaban J connectivity index is 1.34. The molecule has 2 aliphatic heterocycles. The predicted molar refractivity (Wildman–Crippen MR) is 102 cm³/mol. The highest BCUT2D eigenvalue weighted by atomic mass is 32.1. The Bertz CT molecular complexity index is 821. The summed E-state index contributed by atoms with van der Waals surface area (Å²) in [6.07, 6.45) is 1.74. The SMILES string of the molecule is O=C(C1CCN(Cn2nc(-c3ccccc3)oc2=S)CC1)N1CCOCC1. The maximum absolute atomic E-state index is 12.6. The molecule has 3 heterocycles. The number of amides is 1. The lowest BCUT2D eigenvalue weighted by Gasteiger charge is -2.35. The monoisotopic (exact) mass is 388 g/mol. The van der Waals surface area contributed by atoms with E-state index in [2.05, 4.69) is 10.00 Å². The molecule has 8 heteroatoms. The zero-order valence-corrected chi connectivity index (χ0v) is 16.1. The van der Waals surface area contributed by atoms with Crippen LogP contribution in [0.25, 0.3) is 11.5 Å². The van der Waals surface area contributed by atoms with E-state index in [0.29, 0.717) is 30.6 Å². The maximum Gasteiger partial charge on any atom is 0.288 e. The zero-order valence-electron chi connectivity index (χ0n) is 15.2.